The quantitative estimate of drug-likeness (QED) is 0.835. The van der Waals surface area contributed by atoms with Crippen LogP contribution < -0.4 is 10.1 Å². The second kappa shape index (κ2) is 7.61. The Morgan fingerprint density at radius 1 is 1.43 bits per heavy atom. The van der Waals surface area contributed by atoms with Crippen molar-refractivity contribution in [1.82, 2.24) is 15.5 Å². The van der Waals surface area contributed by atoms with E-state index in [4.69, 9.17) is 25.6 Å². The van der Waals surface area contributed by atoms with Crippen LogP contribution in [-0.2, 0) is 22.7 Å². The Morgan fingerprint density at radius 3 is 3.00 bits per heavy atom. The minimum Gasteiger partial charge on any atom is -0.482 e. The van der Waals surface area contributed by atoms with Crippen molar-refractivity contribution in [3.63, 3.8) is 0 Å². The van der Waals surface area contributed by atoms with Gasteiger partial charge >= 0.3 is 0 Å². The molecule has 0 saturated heterocycles. The highest BCUT2D eigenvalue weighted by Crippen LogP contribution is 2.22. The van der Waals surface area contributed by atoms with E-state index in [1.165, 1.54) is 7.11 Å². The average molecular weight is 312 g/mol. The SMILES string of the molecule is COCc1nc(CNC(=O)COc2ccccc2Cl)no1. The standard InChI is InChI=1S/C13H14ClN3O4/c1-19-8-13-16-11(17-21-13)6-15-12(18)7-20-10-5-3-2-4-9(10)14/h2-5H,6-8H2,1H3,(H,15,18). The first kappa shape index (κ1) is 15.3. The fourth-order valence-corrected chi connectivity index (χ4v) is 1.67. The monoisotopic (exact) mass is 311 g/mol. The molecule has 21 heavy (non-hydrogen) atoms. The summed E-state index contributed by atoms with van der Waals surface area (Å²) in [7, 11) is 1.53. The molecule has 112 valence electrons. The number of hydrogen-bond acceptors (Lipinski definition) is 6. The molecule has 1 amide bonds. The van der Waals surface area contributed by atoms with Gasteiger partial charge in [-0.3, -0.25) is 4.79 Å². The first-order valence-electron chi connectivity index (χ1n) is 6.13. The maximum absolute atomic E-state index is 11.6. The highest BCUT2D eigenvalue weighted by Gasteiger charge is 2.09. The van der Waals surface area contributed by atoms with Crippen LogP contribution in [0.1, 0.15) is 11.7 Å². The first-order valence-corrected chi connectivity index (χ1v) is 6.51. The van der Waals surface area contributed by atoms with Gasteiger partial charge in [-0.1, -0.05) is 28.9 Å². The molecule has 0 spiro atoms. The molecule has 2 rings (SSSR count). The van der Waals surface area contributed by atoms with Gasteiger partial charge in [-0.25, -0.2) is 0 Å². The number of hydrogen-bond donors (Lipinski definition) is 1. The molecule has 1 aromatic heterocycles. The number of nitrogens with one attached hydrogen (secondary N) is 1. The van der Waals surface area contributed by atoms with E-state index in [-0.39, 0.29) is 25.7 Å². The molecular weight excluding hydrogens is 298 g/mol. The normalized spacial score (nSPS) is 10.4. The molecule has 0 unspecified atom stereocenters. The van der Waals surface area contributed by atoms with E-state index in [0.29, 0.717) is 22.5 Å². The van der Waals surface area contributed by atoms with E-state index in [1.54, 1.807) is 24.3 Å². The lowest BCUT2D eigenvalue weighted by Gasteiger charge is -2.07. The van der Waals surface area contributed by atoms with E-state index in [2.05, 4.69) is 15.5 Å². The number of benzene rings is 1. The molecule has 1 N–H and O–H groups in total. The number of halogens is 1. The van der Waals surface area contributed by atoms with Gasteiger partial charge in [-0.15, -0.1) is 0 Å². The van der Waals surface area contributed by atoms with Crippen LogP contribution in [0.3, 0.4) is 0 Å². The van der Waals surface area contributed by atoms with Gasteiger partial charge in [0.2, 0.25) is 0 Å². The van der Waals surface area contributed by atoms with Crippen molar-refractivity contribution < 1.29 is 18.8 Å². The van der Waals surface area contributed by atoms with Crippen LogP contribution in [0.4, 0.5) is 0 Å². The van der Waals surface area contributed by atoms with Crippen LogP contribution in [0.5, 0.6) is 5.75 Å². The molecule has 1 aromatic carbocycles. The van der Waals surface area contributed by atoms with Crippen molar-refractivity contribution in [1.29, 1.82) is 0 Å². The maximum Gasteiger partial charge on any atom is 0.258 e. The molecule has 0 fully saturated rings. The Labute approximate surface area is 126 Å². The Kier molecular flexibility index (Phi) is 5.53. The molecule has 0 saturated carbocycles. The summed E-state index contributed by atoms with van der Waals surface area (Å²) in [5, 5.41) is 6.76. The van der Waals surface area contributed by atoms with E-state index in [0.717, 1.165) is 0 Å². The van der Waals surface area contributed by atoms with Crippen molar-refractivity contribution in [2.24, 2.45) is 0 Å². The Balaban J connectivity index is 1.75. The van der Waals surface area contributed by atoms with Crippen molar-refractivity contribution >= 4 is 17.5 Å². The maximum atomic E-state index is 11.6. The smallest absolute Gasteiger partial charge is 0.258 e. The van der Waals surface area contributed by atoms with Gasteiger partial charge in [0.1, 0.15) is 12.4 Å². The predicted octanol–water partition coefficient (Wildman–Crippen LogP) is 1.56. The van der Waals surface area contributed by atoms with Gasteiger partial charge in [0.05, 0.1) is 11.6 Å². The third-order valence-corrected chi connectivity index (χ3v) is 2.73. The van der Waals surface area contributed by atoms with Gasteiger partial charge in [0, 0.05) is 7.11 Å². The highest BCUT2D eigenvalue weighted by molar-refractivity contribution is 6.32. The molecule has 0 radical (unpaired) electrons. The number of amides is 1. The largest absolute Gasteiger partial charge is 0.482 e. The van der Waals surface area contributed by atoms with Crippen molar-refractivity contribution in [3.8, 4) is 5.75 Å². The van der Waals surface area contributed by atoms with E-state index in [9.17, 15) is 4.79 Å². The number of nitrogens with zero attached hydrogens (tertiary/aromatic N) is 2. The van der Waals surface area contributed by atoms with Gasteiger partial charge in [-0.05, 0) is 12.1 Å². The fourth-order valence-electron chi connectivity index (χ4n) is 1.48. The molecular formula is C13H14ClN3O4. The molecule has 0 aliphatic carbocycles. The lowest BCUT2D eigenvalue weighted by Crippen LogP contribution is -2.28. The summed E-state index contributed by atoms with van der Waals surface area (Å²) in [5.41, 5.74) is 0. The van der Waals surface area contributed by atoms with Crippen LogP contribution in [-0.4, -0.2) is 29.8 Å². The molecule has 0 aliphatic rings. The number of carbonyl (C=O) groups excluding carboxylic acids is 1. The van der Waals surface area contributed by atoms with Gasteiger partial charge in [0.15, 0.2) is 12.4 Å². The Bertz CT molecular complexity index is 603. The summed E-state index contributed by atoms with van der Waals surface area (Å²) in [6.45, 7) is 0.237. The molecule has 2 aromatic rings. The highest BCUT2D eigenvalue weighted by atomic mass is 35.5. The number of carbonyl (C=O) groups is 1. The van der Waals surface area contributed by atoms with E-state index < -0.39 is 0 Å². The van der Waals surface area contributed by atoms with E-state index in [1.807, 2.05) is 0 Å². The second-order valence-electron chi connectivity index (χ2n) is 4.03. The predicted molar refractivity (Wildman–Crippen MR) is 73.8 cm³/mol. The molecule has 0 atom stereocenters. The zero-order chi connectivity index (χ0) is 15.1. The molecule has 1 heterocycles. The first-order chi connectivity index (χ1) is 10.2. The van der Waals surface area contributed by atoms with Crippen LogP contribution in [0, 0.1) is 0 Å². The van der Waals surface area contributed by atoms with Crippen molar-refractivity contribution in [3.05, 3.63) is 41.0 Å². The summed E-state index contributed by atoms with van der Waals surface area (Å²) in [4.78, 5) is 15.7. The Hall–Kier alpha value is -2.12. The number of aromatic nitrogens is 2. The lowest BCUT2D eigenvalue weighted by molar-refractivity contribution is -0.123. The zero-order valence-corrected chi connectivity index (χ0v) is 12.1. The second-order valence-corrected chi connectivity index (χ2v) is 4.44. The lowest BCUT2D eigenvalue weighted by atomic mass is 10.3. The Morgan fingerprint density at radius 2 is 2.24 bits per heavy atom. The summed E-state index contributed by atoms with van der Waals surface area (Å²) in [6.07, 6.45) is 0. The zero-order valence-electron chi connectivity index (χ0n) is 11.3. The molecule has 8 heteroatoms. The number of methoxy groups -OCH3 is 1. The van der Waals surface area contributed by atoms with Crippen LogP contribution in [0.15, 0.2) is 28.8 Å². The fraction of sp³-hybridized carbons (Fsp3) is 0.308. The summed E-state index contributed by atoms with van der Waals surface area (Å²) in [5.74, 6) is 0.867. The van der Waals surface area contributed by atoms with E-state index >= 15 is 0 Å². The third-order valence-electron chi connectivity index (χ3n) is 2.42. The number of ether oxygens (including phenoxy) is 2. The summed E-state index contributed by atoms with van der Waals surface area (Å²) >= 11 is 5.91. The number of rotatable bonds is 7. The molecule has 0 aliphatic heterocycles. The van der Waals surface area contributed by atoms with Gasteiger partial charge in [0.25, 0.3) is 11.8 Å². The minimum atomic E-state index is -0.312. The number of para-hydroxylation sites is 1. The molecule has 0 bridgehead atoms. The summed E-state index contributed by atoms with van der Waals surface area (Å²) in [6, 6.07) is 6.93. The molecule has 7 nitrogen and oxygen atoms in total. The average Bonchev–Trinajstić information content (AvgIpc) is 2.92. The summed E-state index contributed by atoms with van der Waals surface area (Å²) < 4.78 is 15.0. The van der Waals surface area contributed by atoms with Gasteiger partial charge < -0.3 is 19.3 Å². The topological polar surface area (TPSA) is 86.5 Å². The van der Waals surface area contributed by atoms with Crippen LogP contribution in [0.25, 0.3) is 0 Å². The van der Waals surface area contributed by atoms with Gasteiger partial charge in [-0.2, -0.15) is 4.98 Å². The van der Waals surface area contributed by atoms with Crippen LogP contribution >= 0.6 is 11.6 Å². The van der Waals surface area contributed by atoms with Crippen molar-refractivity contribution in [2.75, 3.05) is 13.7 Å². The van der Waals surface area contributed by atoms with Crippen molar-refractivity contribution in [2.45, 2.75) is 13.2 Å². The van der Waals surface area contributed by atoms with Crippen LogP contribution in [0.2, 0.25) is 5.02 Å². The minimum absolute atomic E-state index is 0.146. The third kappa shape index (κ3) is 4.73.